The van der Waals surface area contributed by atoms with Gasteiger partial charge in [-0.3, -0.25) is 4.79 Å². The summed E-state index contributed by atoms with van der Waals surface area (Å²) in [6, 6.07) is 9.49. The van der Waals surface area contributed by atoms with Crippen molar-refractivity contribution in [2.75, 3.05) is 25.6 Å². The zero-order chi connectivity index (χ0) is 14.3. The monoisotopic (exact) mass is 265 g/mol. The van der Waals surface area contributed by atoms with E-state index in [0.717, 1.165) is 5.69 Å². The van der Waals surface area contributed by atoms with E-state index >= 15 is 0 Å². The SMILES string of the molecule is CC[N+](CCC(=O)OC)(Nc1ccccc1)C(C)=O. The topological polar surface area (TPSA) is 55.4 Å². The lowest BCUT2D eigenvalue weighted by Crippen LogP contribution is -2.56. The first kappa shape index (κ1) is 15.2. The van der Waals surface area contributed by atoms with Crippen molar-refractivity contribution < 1.29 is 18.9 Å². The Morgan fingerprint density at radius 3 is 2.37 bits per heavy atom. The van der Waals surface area contributed by atoms with Crippen LogP contribution < -0.4 is 5.43 Å². The van der Waals surface area contributed by atoms with Crippen LogP contribution in [0.4, 0.5) is 5.69 Å². The number of ether oxygens (including phenoxy) is 1. The maximum absolute atomic E-state index is 12.0. The van der Waals surface area contributed by atoms with Crippen molar-refractivity contribution in [3.05, 3.63) is 30.3 Å². The summed E-state index contributed by atoms with van der Waals surface area (Å²) in [6.45, 7) is 4.36. The largest absolute Gasteiger partial charge is 0.469 e. The molecule has 1 aromatic rings. The van der Waals surface area contributed by atoms with Gasteiger partial charge in [0.15, 0.2) is 0 Å². The van der Waals surface area contributed by atoms with E-state index in [1.165, 1.54) is 14.0 Å². The summed E-state index contributed by atoms with van der Waals surface area (Å²) >= 11 is 0. The summed E-state index contributed by atoms with van der Waals surface area (Å²) in [5, 5.41) is 0. The highest BCUT2D eigenvalue weighted by molar-refractivity contribution is 5.70. The fourth-order valence-corrected chi connectivity index (χ4v) is 1.90. The van der Waals surface area contributed by atoms with Gasteiger partial charge in [-0.05, 0) is 19.1 Å². The van der Waals surface area contributed by atoms with E-state index in [2.05, 4.69) is 10.2 Å². The highest BCUT2D eigenvalue weighted by atomic mass is 16.5. The second-order valence-electron chi connectivity index (χ2n) is 4.33. The molecule has 1 atom stereocenters. The molecule has 0 bridgehead atoms. The van der Waals surface area contributed by atoms with Gasteiger partial charge in [0.2, 0.25) is 0 Å². The predicted octanol–water partition coefficient (Wildman–Crippen LogP) is 1.96. The molecule has 0 aromatic heterocycles. The molecule has 104 valence electrons. The number of nitrogens with one attached hydrogen (secondary N) is 1. The van der Waals surface area contributed by atoms with Crippen LogP contribution in [0.2, 0.25) is 0 Å². The molecule has 1 amide bonds. The van der Waals surface area contributed by atoms with E-state index in [1.54, 1.807) is 0 Å². The zero-order valence-corrected chi connectivity index (χ0v) is 11.7. The van der Waals surface area contributed by atoms with Gasteiger partial charge in [0, 0.05) is 0 Å². The number of para-hydroxylation sites is 1. The highest BCUT2D eigenvalue weighted by Gasteiger charge is 2.33. The van der Waals surface area contributed by atoms with Crippen molar-refractivity contribution >= 4 is 17.6 Å². The van der Waals surface area contributed by atoms with E-state index in [9.17, 15) is 9.59 Å². The molecule has 0 heterocycles. The lowest BCUT2D eigenvalue weighted by molar-refractivity contribution is -0.829. The molecule has 1 N–H and O–H groups in total. The molecule has 0 saturated heterocycles. The number of amides is 1. The number of rotatable bonds is 6. The molecular formula is C14H21N2O3+. The maximum Gasteiger partial charge on any atom is 0.334 e. The Labute approximate surface area is 113 Å². The van der Waals surface area contributed by atoms with Crippen LogP contribution in [-0.2, 0) is 14.3 Å². The van der Waals surface area contributed by atoms with Crippen LogP contribution in [0.1, 0.15) is 20.3 Å². The van der Waals surface area contributed by atoms with Crippen molar-refractivity contribution in [2.45, 2.75) is 20.3 Å². The smallest absolute Gasteiger partial charge is 0.334 e. The summed E-state index contributed by atoms with van der Waals surface area (Å²) < 4.78 is 4.66. The summed E-state index contributed by atoms with van der Waals surface area (Å²) in [4.78, 5) is 23.2. The van der Waals surface area contributed by atoms with E-state index in [0.29, 0.717) is 13.1 Å². The van der Waals surface area contributed by atoms with Crippen molar-refractivity contribution in [1.29, 1.82) is 0 Å². The van der Waals surface area contributed by atoms with Gasteiger partial charge in [-0.1, -0.05) is 18.2 Å². The van der Waals surface area contributed by atoms with E-state index in [-0.39, 0.29) is 22.9 Å². The van der Waals surface area contributed by atoms with Crippen molar-refractivity contribution in [1.82, 2.24) is 0 Å². The number of anilines is 1. The first-order valence-electron chi connectivity index (χ1n) is 6.32. The minimum absolute atomic E-state index is 0.0269. The molecule has 0 aliphatic heterocycles. The Kier molecular flexibility index (Phi) is 5.51. The molecule has 5 heteroatoms. The molecule has 1 rings (SSSR count). The second-order valence-corrected chi connectivity index (χ2v) is 4.33. The van der Waals surface area contributed by atoms with Gasteiger partial charge >= 0.3 is 11.9 Å². The van der Waals surface area contributed by atoms with Crippen molar-refractivity contribution in [3.8, 4) is 0 Å². The highest BCUT2D eigenvalue weighted by Crippen LogP contribution is 2.15. The molecular weight excluding hydrogens is 244 g/mol. The zero-order valence-electron chi connectivity index (χ0n) is 11.7. The van der Waals surface area contributed by atoms with Gasteiger partial charge in [-0.2, -0.15) is 4.59 Å². The Morgan fingerprint density at radius 1 is 1.26 bits per heavy atom. The van der Waals surface area contributed by atoms with Crippen LogP contribution in [0.5, 0.6) is 0 Å². The number of carbonyl (C=O) groups is 2. The third-order valence-electron chi connectivity index (χ3n) is 3.18. The third kappa shape index (κ3) is 4.06. The number of carbonyl (C=O) groups excluding carboxylic acids is 2. The van der Waals surface area contributed by atoms with E-state index in [1.807, 2.05) is 37.3 Å². The Balaban J connectivity index is 2.86. The molecule has 0 radical (unpaired) electrons. The normalized spacial score (nSPS) is 13.4. The van der Waals surface area contributed by atoms with Crippen LogP contribution in [0.25, 0.3) is 0 Å². The van der Waals surface area contributed by atoms with Gasteiger partial charge in [0.1, 0.15) is 13.1 Å². The van der Waals surface area contributed by atoms with E-state index in [4.69, 9.17) is 0 Å². The van der Waals surface area contributed by atoms with Crippen LogP contribution in [-0.4, -0.2) is 36.7 Å². The number of benzene rings is 1. The maximum atomic E-state index is 12.0. The Morgan fingerprint density at radius 2 is 1.89 bits per heavy atom. The quantitative estimate of drug-likeness (QED) is 0.485. The van der Waals surface area contributed by atoms with Crippen molar-refractivity contribution in [3.63, 3.8) is 0 Å². The summed E-state index contributed by atoms with van der Waals surface area (Å²) in [7, 11) is 1.35. The van der Waals surface area contributed by atoms with E-state index < -0.39 is 0 Å². The number of esters is 1. The number of hydrogen-bond donors (Lipinski definition) is 1. The molecule has 1 unspecified atom stereocenters. The van der Waals surface area contributed by atoms with Crippen LogP contribution >= 0.6 is 0 Å². The lowest BCUT2D eigenvalue weighted by Gasteiger charge is -2.33. The van der Waals surface area contributed by atoms with Gasteiger partial charge in [-0.25, -0.2) is 10.2 Å². The van der Waals surface area contributed by atoms with Gasteiger partial charge in [0.25, 0.3) is 0 Å². The van der Waals surface area contributed by atoms with Gasteiger partial charge < -0.3 is 4.74 Å². The molecule has 1 aromatic carbocycles. The van der Waals surface area contributed by atoms with Crippen LogP contribution in [0, 0.1) is 0 Å². The number of nitrogens with zero attached hydrogens (tertiary/aromatic N) is 1. The molecule has 5 nitrogen and oxygen atoms in total. The summed E-state index contributed by atoms with van der Waals surface area (Å²) in [5.74, 6) is -0.345. The Bertz CT molecular complexity index is 434. The Hall–Kier alpha value is -1.88. The third-order valence-corrected chi connectivity index (χ3v) is 3.18. The fraction of sp³-hybridized carbons (Fsp3) is 0.429. The predicted molar refractivity (Wildman–Crippen MR) is 73.0 cm³/mol. The molecule has 0 spiro atoms. The molecule has 0 saturated carbocycles. The van der Waals surface area contributed by atoms with Crippen LogP contribution in [0.15, 0.2) is 30.3 Å². The minimum Gasteiger partial charge on any atom is -0.469 e. The summed E-state index contributed by atoms with van der Waals surface area (Å²) in [6.07, 6.45) is 0.198. The van der Waals surface area contributed by atoms with Crippen LogP contribution in [0.3, 0.4) is 0 Å². The lowest BCUT2D eigenvalue weighted by atomic mass is 10.3. The number of methoxy groups -OCH3 is 1. The molecule has 0 aliphatic rings. The number of hydrogen-bond acceptors (Lipinski definition) is 4. The van der Waals surface area contributed by atoms with Gasteiger partial charge in [-0.15, -0.1) is 0 Å². The molecule has 0 fully saturated rings. The van der Waals surface area contributed by atoms with Gasteiger partial charge in [0.05, 0.1) is 26.1 Å². The molecule has 19 heavy (non-hydrogen) atoms. The first-order chi connectivity index (χ1) is 9.04. The minimum atomic E-state index is -0.313. The average molecular weight is 265 g/mol. The fourth-order valence-electron chi connectivity index (χ4n) is 1.90. The molecule has 0 aliphatic carbocycles. The number of quaternary nitrogens is 1. The average Bonchev–Trinajstić information content (AvgIpc) is 2.43. The first-order valence-corrected chi connectivity index (χ1v) is 6.32. The van der Waals surface area contributed by atoms with Crippen molar-refractivity contribution in [2.24, 2.45) is 0 Å². The standard InChI is InChI=1S/C14H21N2O3/c1-4-16(12(2)17,11-10-14(18)19-3)15-13-8-6-5-7-9-13/h5-9,15H,4,10-11H2,1-3H3/q+1. The second kappa shape index (κ2) is 6.89. The summed E-state index contributed by atoms with van der Waals surface area (Å²) in [5.41, 5.74) is 4.05.